The second-order valence-corrected chi connectivity index (χ2v) is 8.22. The van der Waals surface area contributed by atoms with Gasteiger partial charge in [-0.2, -0.15) is 0 Å². The predicted octanol–water partition coefficient (Wildman–Crippen LogP) is 5.35. The number of nitrogens with one attached hydrogen (secondary N) is 1. The quantitative estimate of drug-likeness (QED) is 0.582. The number of amides is 1. The van der Waals surface area contributed by atoms with Gasteiger partial charge in [0.05, 0.1) is 5.69 Å². The maximum absolute atomic E-state index is 13.1. The second kappa shape index (κ2) is 10.1. The van der Waals surface area contributed by atoms with Gasteiger partial charge in [-0.15, -0.1) is 0 Å². The van der Waals surface area contributed by atoms with Gasteiger partial charge in [0.15, 0.2) is 0 Å². The van der Waals surface area contributed by atoms with Crippen LogP contribution in [0.4, 0.5) is 5.69 Å². The zero-order valence-electron chi connectivity index (χ0n) is 17.5. The van der Waals surface area contributed by atoms with E-state index in [0.717, 1.165) is 44.3 Å². The molecule has 0 unspecified atom stereocenters. The summed E-state index contributed by atoms with van der Waals surface area (Å²) in [5, 5.41) is 2.06. The topological polar surface area (TPSA) is 32.3 Å². The molecule has 0 spiro atoms. The van der Waals surface area contributed by atoms with Crippen LogP contribution >= 0.6 is 0 Å². The first kappa shape index (κ1) is 20.2. The molecule has 154 valence electrons. The zero-order chi connectivity index (χ0) is 20.6. The highest BCUT2D eigenvalue weighted by molar-refractivity contribution is 5.78. The lowest BCUT2D eigenvalue weighted by Gasteiger charge is -2.26. The van der Waals surface area contributed by atoms with E-state index >= 15 is 0 Å². The third-order valence-electron chi connectivity index (χ3n) is 5.83. The number of aryl methyl sites for hydroxylation is 1. The van der Waals surface area contributed by atoms with Crippen molar-refractivity contribution in [2.75, 3.05) is 11.6 Å². The third-order valence-corrected chi connectivity index (χ3v) is 5.83. The number of para-hydroxylation sites is 1. The fourth-order valence-corrected chi connectivity index (χ4v) is 4.38. The summed E-state index contributed by atoms with van der Waals surface area (Å²) in [6.45, 7) is 0.866. The second-order valence-electron chi connectivity index (χ2n) is 8.22. The number of hydrogen-bond acceptors (Lipinski definition) is 2. The van der Waals surface area contributed by atoms with Gasteiger partial charge < -0.3 is 0 Å². The van der Waals surface area contributed by atoms with E-state index in [1.807, 2.05) is 12.1 Å². The lowest BCUT2D eigenvalue weighted by Crippen LogP contribution is -2.43. The highest BCUT2D eigenvalue weighted by Gasteiger charge is 2.20. The molecule has 1 amide bonds. The Kier molecular flexibility index (Phi) is 6.81. The summed E-state index contributed by atoms with van der Waals surface area (Å²) < 4.78 is 0. The van der Waals surface area contributed by atoms with Crippen molar-refractivity contribution in [1.82, 2.24) is 5.43 Å². The molecule has 0 aromatic heterocycles. The van der Waals surface area contributed by atoms with Gasteiger partial charge in [-0.1, -0.05) is 78.9 Å². The van der Waals surface area contributed by atoms with E-state index in [4.69, 9.17) is 0 Å². The normalized spacial score (nSPS) is 13.6. The van der Waals surface area contributed by atoms with Crippen molar-refractivity contribution in [2.24, 2.45) is 5.92 Å². The summed E-state index contributed by atoms with van der Waals surface area (Å²) in [4.78, 5) is 13.1. The van der Waals surface area contributed by atoms with Crippen molar-refractivity contribution < 1.29 is 4.79 Å². The molecule has 0 bridgehead atoms. The van der Waals surface area contributed by atoms with Gasteiger partial charge in [0.1, 0.15) is 0 Å². The Labute approximate surface area is 179 Å². The first-order valence-corrected chi connectivity index (χ1v) is 11.0. The molecule has 30 heavy (non-hydrogen) atoms. The molecular formula is C27H30N2O. The molecule has 4 rings (SSSR count). The number of carbonyl (C=O) groups excluding carboxylic acids is 1. The van der Waals surface area contributed by atoms with E-state index in [0.29, 0.717) is 6.42 Å². The van der Waals surface area contributed by atoms with Crippen LogP contribution in [0.2, 0.25) is 0 Å². The number of carbonyl (C=O) groups is 1. The summed E-state index contributed by atoms with van der Waals surface area (Å²) in [6.07, 6.45) is 5.65. The Balaban J connectivity index is 1.46. The zero-order valence-corrected chi connectivity index (χ0v) is 17.5. The minimum absolute atomic E-state index is 0.101. The van der Waals surface area contributed by atoms with Gasteiger partial charge in [0.25, 0.3) is 0 Å². The molecule has 1 N–H and O–H groups in total. The molecule has 3 heteroatoms. The molecule has 0 aliphatic carbocycles. The molecule has 0 fully saturated rings. The van der Waals surface area contributed by atoms with Crippen LogP contribution in [0.25, 0.3) is 0 Å². The van der Waals surface area contributed by atoms with Crippen molar-refractivity contribution in [3.8, 4) is 0 Å². The van der Waals surface area contributed by atoms with Crippen molar-refractivity contribution in [3.05, 3.63) is 102 Å². The summed E-state index contributed by atoms with van der Waals surface area (Å²) >= 11 is 0. The maximum atomic E-state index is 13.1. The summed E-state index contributed by atoms with van der Waals surface area (Å²) in [5.74, 6) is 0.362. The third kappa shape index (κ3) is 5.50. The lowest BCUT2D eigenvalue weighted by molar-refractivity contribution is -0.122. The molecule has 3 aromatic rings. The molecule has 3 nitrogen and oxygen atoms in total. The number of benzene rings is 3. The molecule has 0 atom stereocenters. The summed E-state index contributed by atoms with van der Waals surface area (Å²) in [6, 6.07) is 29.4. The Hall–Kier alpha value is -3.07. The minimum atomic E-state index is 0.101. The molecular weight excluding hydrogens is 368 g/mol. The van der Waals surface area contributed by atoms with Gasteiger partial charge in [-0.25, -0.2) is 0 Å². The monoisotopic (exact) mass is 398 g/mol. The largest absolute Gasteiger partial charge is 0.285 e. The average molecular weight is 399 g/mol. The van der Waals surface area contributed by atoms with Crippen LogP contribution in [0, 0.1) is 5.92 Å². The van der Waals surface area contributed by atoms with E-state index in [1.165, 1.54) is 16.7 Å². The standard InChI is InChI=1S/C27H30N2O/c30-27(28-29-18-10-9-16-25-15-7-8-17-26(25)29)21-24(19-22-11-3-1-4-12-22)20-23-13-5-2-6-14-23/h1-8,11-15,17,24H,9-10,16,18-21H2,(H,28,30). The van der Waals surface area contributed by atoms with Gasteiger partial charge in [-0.05, 0) is 60.8 Å². The Morgan fingerprint density at radius 1 is 0.800 bits per heavy atom. The minimum Gasteiger partial charge on any atom is -0.285 e. The van der Waals surface area contributed by atoms with Crippen LogP contribution in [-0.4, -0.2) is 12.5 Å². The molecule has 1 aliphatic rings. The first-order chi connectivity index (χ1) is 14.8. The van der Waals surface area contributed by atoms with Crippen LogP contribution in [0.3, 0.4) is 0 Å². The number of fused-ring (bicyclic) bond motifs is 1. The number of rotatable bonds is 7. The lowest BCUT2D eigenvalue weighted by atomic mass is 9.90. The van der Waals surface area contributed by atoms with Crippen LogP contribution < -0.4 is 10.4 Å². The molecule has 0 saturated carbocycles. The van der Waals surface area contributed by atoms with Crippen molar-refractivity contribution in [1.29, 1.82) is 0 Å². The van der Waals surface area contributed by atoms with E-state index in [9.17, 15) is 4.79 Å². The Bertz CT molecular complexity index is 898. The number of hydrogen-bond donors (Lipinski definition) is 1. The fraction of sp³-hybridized carbons (Fsp3) is 0.296. The van der Waals surface area contributed by atoms with Gasteiger partial charge in [0.2, 0.25) is 5.91 Å². The maximum Gasteiger partial charge on any atom is 0.238 e. The van der Waals surface area contributed by atoms with Crippen LogP contribution in [0.5, 0.6) is 0 Å². The molecule has 1 aliphatic heterocycles. The predicted molar refractivity (Wildman–Crippen MR) is 123 cm³/mol. The van der Waals surface area contributed by atoms with E-state index in [2.05, 4.69) is 83.2 Å². The van der Waals surface area contributed by atoms with Crippen LogP contribution in [0.1, 0.15) is 36.0 Å². The van der Waals surface area contributed by atoms with Crippen molar-refractivity contribution in [3.63, 3.8) is 0 Å². The van der Waals surface area contributed by atoms with Crippen LogP contribution in [-0.2, 0) is 24.1 Å². The van der Waals surface area contributed by atoms with Crippen molar-refractivity contribution in [2.45, 2.75) is 38.5 Å². The highest BCUT2D eigenvalue weighted by atomic mass is 16.2. The number of nitrogens with zero attached hydrogens (tertiary/aromatic N) is 1. The van der Waals surface area contributed by atoms with E-state index < -0.39 is 0 Å². The molecule has 3 aromatic carbocycles. The smallest absolute Gasteiger partial charge is 0.238 e. The molecule has 0 radical (unpaired) electrons. The fourth-order valence-electron chi connectivity index (χ4n) is 4.38. The van der Waals surface area contributed by atoms with Gasteiger partial charge in [0, 0.05) is 13.0 Å². The summed E-state index contributed by atoms with van der Waals surface area (Å²) in [7, 11) is 0. The SMILES string of the molecule is O=C(CC(Cc1ccccc1)Cc1ccccc1)NN1CCCCc2ccccc21. The average Bonchev–Trinajstić information content (AvgIpc) is 2.97. The van der Waals surface area contributed by atoms with Gasteiger partial charge >= 0.3 is 0 Å². The Morgan fingerprint density at radius 2 is 1.40 bits per heavy atom. The highest BCUT2D eigenvalue weighted by Crippen LogP contribution is 2.25. The van der Waals surface area contributed by atoms with E-state index in [1.54, 1.807) is 0 Å². The van der Waals surface area contributed by atoms with Crippen molar-refractivity contribution >= 4 is 11.6 Å². The van der Waals surface area contributed by atoms with Crippen LogP contribution in [0.15, 0.2) is 84.9 Å². The molecule has 0 saturated heterocycles. The number of hydrazine groups is 1. The number of anilines is 1. The first-order valence-electron chi connectivity index (χ1n) is 11.0. The van der Waals surface area contributed by atoms with Gasteiger partial charge in [-0.3, -0.25) is 15.2 Å². The van der Waals surface area contributed by atoms with E-state index in [-0.39, 0.29) is 11.8 Å². The molecule has 1 heterocycles. The summed E-state index contributed by atoms with van der Waals surface area (Å²) in [5.41, 5.74) is 8.24. The Morgan fingerprint density at radius 3 is 2.07 bits per heavy atom.